The molecule has 128 valence electrons. The highest BCUT2D eigenvalue weighted by atomic mass is 32.1. The summed E-state index contributed by atoms with van der Waals surface area (Å²) >= 11 is 1.87. The molecule has 0 radical (unpaired) electrons. The second-order valence-electron chi connectivity index (χ2n) is 6.49. The number of hydrogen-bond donors (Lipinski definition) is 1. The molecule has 0 aliphatic heterocycles. The molecular weight excluding hydrogens is 318 g/mol. The average Bonchev–Trinajstić information content (AvgIpc) is 3.01. The molecule has 0 saturated heterocycles. The van der Waals surface area contributed by atoms with Crippen LogP contribution in [0.15, 0.2) is 24.3 Å². The molecule has 1 aliphatic rings. The summed E-state index contributed by atoms with van der Waals surface area (Å²) in [5.41, 5.74) is 3.14. The van der Waals surface area contributed by atoms with Crippen molar-refractivity contribution in [2.75, 3.05) is 25.5 Å². The molecule has 1 aromatic heterocycles. The molecule has 3 rings (SSSR count). The maximum Gasteiger partial charge on any atom is 0.251 e. The molecule has 0 unspecified atom stereocenters. The van der Waals surface area contributed by atoms with Crippen LogP contribution in [0.2, 0.25) is 0 Å². The molecule has 1 amide bonds. The molecule has 5 heteroatoms. The van der Waals surface area contributed by atoms with Gasteiger partial charge in [0.05, 0.1) is 10.7 Å². The lowest BCUT2D eigenvalue weighted by molar-refractivity contribution is 0.0953. The van der Waals surface area contributed by atoms with E-state index in [-0.39, 0.29) is 5.91 Å². The smallest absolute Gasteiger partial charge is 0.251 e. The van der Waals surface area contributed by atoms with Gasteiger partial charge < -0.3 is 10.2 Å². The topological polar surface area (TPSA) is 45.2 Å². The fraction of sp³-hybridized carbons (Fsp3) is 0.474. The lowest BCUT2D eigenvalue weighted by Crippen LogP contribution is -2.24. The van der Waals surface area contributed by atoms with Gasteiger partial charge >= 0.3 is 0 Å². The van der Waals surface area contributed by atoms with Gasteiger partial charge in [-0.3, -0.25) is 4.79 Å². The minimum Gasteiger partial charge on any atom is -0.378 e. The summed E-state index contributed by atoms with van der Waals surface area (Å²) in [6, 6.07) is 7.68. The molecule has 0 spiro atoms. The molecule has 1 heterocycles. The van der Waals surface area contributed by atoms with E-state index in [1.807, 2.05) is 54.6 Å². The van der Waals surface area contributed by atoms with Crippen molar-refractivity contribution in [2.24, 2.45) is 0 Å². The van der Waals surface area contributed by atoms with Gasteiger partial charge in [0, 0.05) is 43.2 Å². The first-order valence-electron chi connectivity index (χ1n) is 8.66. The van der Waals surface area contributed by atoms with Crippen LogP contribution in [0.4, 0.5) is 5.69 Å². The number of nitrogens with one attached hydrogen (secondary N) is 1. The van der Waals surface area contributed by atoms with E-state index in [1.54, 1.807) is 0 Å². The average molecular weight is 343 g/mol. The van der Waals surface area contributed by atoms with Crippen molar-refractivity contribution in [3.05, 3.63) is 45.4 Å². The second kappa shape index (κ2) is 7.79. The Morgan fingerprint density at radius 3 is 2.67 bits per heavy atom. The van der Waals surface area contributed by atoms with E-state index in [0.29, 0.717) is 12.1 Å². The van der Waals surface area contributed by atoms with Crippen molar-refractivity contribution in [1.82, 2.24) is 10.3 Å². The second-order valence-corrected chi connectivity index (χ2v) is 7.65. The predicted octanol–water partition coefficient (Wildman–Crippen LogP) is 3.45. The molecule has 1 aromatic carbocycles. The minimum absolute atomic E-state index is 0.00117. The van der Waals surface area contributed by atoms with Crippen molar-refractivity contribution in [1.29, 1.82) is 0 Å². The predicted molar refractivity (Wildman–Crippen MR) is 100 cm³/mol. The maximum absolute atomic E-state index is 12.2. The van der Waals surface area contributed by atoms with E-state index < -0.39 is 0 Å². The number of carbonyl (C=O) groups excluding carboxylic acids is 1. The van der Waals surface area contributed by atoms with Crippen molar-refractivity contribution in [2.45, 2.75) is 38.5 Å². The van der Waals surface area contributed by atoms with Gasteiger partial charge in [-0.05, 0) is 56.4 Å². The van der Waals surface area contributed by atoms with Gasteiger partial charge in [0.2, 0.25) is 0 Å². The lowest BCUT2D eigenvalue weighted by atomic mass is 10.0. The van der Waals surface area contributed by atoms with Gasteiger partial charge in [-0.1, -0.05) is 0 Å². The van der Waals surface area contributed by atoms with Crippen LogP contribution in [-0.4, -0.2) is 31.5 Å². The zero-order chi connectivity index (χ0) is 16.9. The Hall–Kier alpha value is -1.88. The Balaban J connectivity index is 1.44. The first kappa shape index (κ1) is 17.0. The van der Waals surface area contributed by atoms with Crippen LogP contribution in [0.3, 0.4) is 0 Å². The summed E-state index contributed by atoms with van der Waals surface area (Å²) < 4.78 is 0. The number of aryl methyl sites for hydroxylation is 3. The molecule has 0 bridgehead atoms. The van der Waals surface area contributed by atoms with E-state index in [9.17, 15) is 4.79 Å². The number of hydrogen-bond acceptors (Lipinski definition) is 4. The summed E-state index contributed by atoms with van der Waals surface area (Å²) in [4.78, 5) is 20.4. The Morgan fingerprint density at radius 2 is 1.96 bits per heavy atom. The van der Waals surface area contributed by atoms with E-state index in [2.05, 4.69) is 5.32 Å². The summed E-state index contributed by atoms with van der Waals surface area (Å²) in [5.74, 6) is -0.00117. The monoisotopic (exact) mass is 343 g/mol. The van der Waals surface area contributed by atoms with Crippen LogP contribution >= 0.6 is 11.3 Å². The van der Waals surface area contributed by atoms with E-state index in [4.69, 9.17) is 4.98 Å². The number of anilines is 1. The van der Waals surface area contributed by atoms with Gasteiger partial charge in [0.1, 0.15) is 0 Å². The SMILES string of the molecule is CN(C)c1ccc(C(=O)NCCCc2nc3c(s2)CCCC3)cc1. The third-order valence-electron chi connectivity index (χ3n) is 4.39. The Labute approximate surface area is 147 Å². The van der Waals surface area contributed by atoms with Crippen LogP contribution < -0.4 is 10.2 Å². The molecule has 1 aliphatic carbocycles. The first-order chi connectivity index (χ1) is 11.6. The molecule has 1 N–H and O–H groups in total. The molecular formula is C19H25N3OS. The number of amides is 1. The van der Waals surface area contributed by atoms with E-state index in [1.165, 1.54) is 34.8 Å². The van der Waals surface area contributed by atoms with Crippen LogP contribution in [0.25, 0.3) is 0 Å². The maximum atomic E-state index is 12.2. The van der Waals surface area contributed by atoms with Crippen LogP contribution in [0, 0.1) is 0 Å². The minimum atomic E-state index is -0.00117. The summed E-state index contributed by atoms with van der Waals surface area (Å²) in [6.45, 7) is 0.693. The van der Waals surface area contributed by atoms with Crippen LogP contribution in [-0.2, 0) is 19.3 Å². The number of aromatic nitrogens is 1. The fourth-order valence-corrected chi connectivity index (χ4v) is 4.17. The Kier molecular flexibility index (Phi) is 5.51. The first-order valence-corrected chi connectivity index (χ1v) is 9.48. The summed E-state index contributed by atoms with van der Waals surface area (Å²) in [7, 11) is 3.98. The van der Waals surface area contributed by atoms with Crippen molar-refractivity contribution >= 4 is 22.9 Å². The number of nitrogens with zero attached hydrogens (tertiary/aromatic N) is 2. The summed E-state index contributed by atoms with van der Waals surface area (Å²) in [6.07, 6.45) is 6.82. The zero-order valence-corrected chi connectivity index (χ0v) is 15.3. The van der Waals surface area contributed by atoms with Gasteiger partial charge in [-0.2, -0.15) is 0 Å². The fourth-order valence-electron chi connectivity index (χ4n) is 2.97. The number of benzene rings is 1. The van der Waals surface area contributed by atoms with Gasteiger partial charge in [0.25, 0.3) is 5.91 Å². The zero-order valence-electron chi connectivity index (χ0n) is 14.5. The molecule has 0 atom stereocenters. The summed E-state index contributed by atoms with van der Waals surface area (Å²) in [5, 5.41) is 4.23. The van der Waals surface area contributed by atoms with E-state index >= 15 is 0 Å². The van der Waals surface area contributed by atoms with Gasteiger partial charge in [0.15, 0.2) is 0 Å². The Bertz CT molecular complexity index is 668. The number of thiazole rings is 1. The highest BCUT2D eigenvalue weighted by molar-refractivity contribution is 7.11. The highest BCUT2D eigenvalue weighted by Gasteiger charge is 2.14. The van der Waals surface area contributed by atoms with Crippen molar-refractivity contribution < 1.29 is 4.79 Å². The highest BCUT2D eigenvalue weighted by Crippen LogP contribution is 2.27. The van der Waals surface area contributed by atoms with Crippen LogP contribution in [0.5, 0.6) is 0 Å². The number of carbonyl (C=O) groups is 1. The third-order valence-corrected chi connectivity index (χ3v) is 5.61. The number of rotatable bonds is 6. The largest absolute Gasteiger partial charge is 0.378 e. The van der Waals surface area contributed by atoms with Crippen molar-refractivity contribution in [3.8, 4) is 0 Å². The molecule has 0 saturated carbocycles. The third kappa shape index (κ3) is 4.15. The van der Waals surface area contributed by atoms with Crippen LogP contribution in [0.1, 0.15) is 45.2 Å². The molecule has 2 aromatic rings. The quantitative estimate of drug-likeness (QED) is 0.817. The lowest BCUT2D eigenvalue weighted by Gasteiger charge is -2.12. The van der Waals surface area contributed by atoms with E-state index in [0.717, 1.165) is 24.9 Å². The standard InChI is InChI=1S/C19H25N3OS/c1-22(2)15-11-9-14(10-12-15)19(23)20-13-5-8-18-21-16-6-3-4-7-17(16)24-18/h9-12H,3-8,13H2,1-2H3,(H,20,23). The molecule has 4 nitrogen and oxygen atoms in total. The van der Waals surface area contributed by atoms with Gasteiger partial charge in [-0.15, -0.1) is 11.3 Å². The normalized spacial score (nSPS) is 13.4. The number of fused-ring (bicyclic) bond motifs is 1. The van der Waals surface area contributed by atoms with Crippen molar-refractivity contribution in [3.63, 3.8) is 0 Å². The van der Waals surface area contributed by atoms with Gasteiger partial charge in [-0.25, -0.2) is 4.98 Å². The Morgan fingerprint density at radius 1 is 1.21 bits per heavy atom. The molecule has 24 heavy (non-hydrogen) atoms. The molecule has 0 fully saturated rings.